The van der Waals surface area contributed by atoms with E-state index in [1.165, 1.54) is 25.1 Å². The van der Waals surface area contributed by atoms with Crippen LogP contribution in [-0.4, -0.2) is 0 Å². The normalized spacial score (nSPS) is 12.9. The van der Waals surface area contributed by atoms with Crippen LogP contribution in [0.25, 0.3) is 75.3 Å². The fraction of sp³-hybridized carbons (Fsp3) is 0.0556. The quantitative estimate of drug-likeness (QED) is 0.103. The Kier molecular flexibility index (Phi) is 6.62. The zero-order chi connectivity index (χ0) is 33.4. The molecule has 0 N–H and O–H groups in total. The summed E-state index contributed by atoms with van der Waals surface area (Å²) in [7, 11) is 0. The minimum atomic E-state index is -5.12. The summed E-state index contributed by atoms with van der Waals surface area (Å²) >= 11 is 0. The van der Waals surface area contributed by atoms with Crippen LogP contribution in [0.4, 0.5) is 30.7 Å². The molecule has 4 nitrogen and oxygen atoms in total. The molecule has 0 saturated heterocycles. The van der Waals surface area contributed by atoms with Crippen LogP contribution in [-0.2, 0) is 6.18 Å². The van der Waals surface area contributed by atoms with Gasteiger partial charge in [-0.2, -0.15) is 26.3 Å². The minimum absolute atomic E-state index is 0.133. The highest BCUT2D eigenvalue weighted by molar-refractivity contribution is 6.21. The van der Waals surface area contributed by atoms with Crippen LogP contribution >= 0.6 is 0 Å². The van der Waals surface area contributed by atoms with Crippen molar-refractivity contribution in [1.82, 2.24) is 0 Å². The molecule has 0 radical (unpaired) electrons. The average Bonchev–Trinajstić information content (AvgIpc) is 3.50. The molecule has 0 fully saturated rings. The van der Waals surface area contributed by atoms with Crippen LogP contribution in [0.2, 0.25) is 0 Å². The lowest BCUT2D eigenvalue weighted by atomic mass is 9.99. The second-order valence-corrected chi connectivity index (χ2v) is 11.0. The molecule has 0 atom stereocenters. The number of aryl methyl sites for hydroxylation is 1. The van der Waals surface area contributed by atoms with Gasteiger partial charge < -0.3 is 0 Å². The predicted octanol–water partition coefficient (Wildman–Crippen LogP) is 9.86. The van der Waals surface area contributed by atoms with Gasteiger partial charge in [-0.05, 0) is 105 Å². The Balaban J connectivity index is 1.50. The van der Waals surface area contributed by atoms with Crippen LogP contribution < -0.4 is 10.7 Å². The van der Waals surface area contributed by atoms with E-state index in [-0.39, 0.29) is 22.0 Å². The smallest absolute Gasteiger partial charge is 0.204 e. The lowest BCUT2D eigenvalue weighted by Crippen LogP contribution is -2.10. The van der Waals surface area contributed by atoms with E-state index >= 15 is 0 Å². The Morgan fingerprint density at radius 2 is 0.957 bits per heavy atom. The third kappa shape index (κ3) is 4.59. The van der Waals surface area contributed by atoms with Crippen LogP contribution in [0.3, 0.4) is 0 Å². The van der Waals surface area contributed by atoms with Gasteiger partial charge in [0.15, 0.2) is 34.0 Å². The molecular weight excluding hydrogens is 621 g/mol. The molecule has 0 saturated carbocycles. The molecule has 11 heteroatoms. The Morgan fingerprint density at radius 3 is 1.43 bits per heavy atom. The molecule has 0 bridgehead atoms. The van der Waals surface area contributed by atoms with Gasteiger partial charge in [-0.15, -0.1) is 9.91 Å². The third-order valence-electron chi connectivity index (χ3n) is 8.31. The molecule has 0 aliphatic carbocycles. The largest absolute Gasteiger partial charge is 0.419 e. The fourth-order valence-corrected chi connectivity index (χ4v) is 6.21. The van der Waals surface area contributed by atoms with Crippen molar-refractivity contribution in [2.45, 2.75) is 13.1 Å². The van der Waals surface area contributed by atoms with Crippen molar-refractivity contribution in [3.63, 3.8) is 0 Å². The summed E-state index contributed by atoms with van der Waals surface area (Å²) in [5.74, 6) is -5.58. The van der Waals surface area contributed by atoms with Gasteiger partial charge in [-0.1, -0.05) is 24.3 Å². The third-order valence-corrected chi connectivity index (χ3v) is 8.31. The van der Waals surface area contributed by atoms with Crippen LogP contribution in [0.5, 0.6) is 0 Å². The summed E-state index contributed by atoms with van der Waals surface area (Å²) in [5.41, 5.74) is -0.670. The molecule has 7 aromatic rings. The van der Waals surface area contributed by atoms with Crippen molar-refractivity contribution < 1.29 is 30.7 Å². The Bertz CT molecular complexity index is 2680. The first kappa shape index (κ1) is 29.6. The van der Waals surface area contributed by atoms with E-state index in [4.69, 9.17) is 13.1 Å². The topological polar surface area (TPSA) is 33.4 Å². The summed E-state index contributed by atoms with van der Waals surface area (Å²) in [6, 6.07) is 17.2. The molecule has 7 rings (SSSR count). The van der Waals surface area contributed by atoms with E-state index in [0.29, 0.717) is 71.7 Å². The second-order valence-electron chi connectivity index (χ2n) is 11.0. The summed E-state index contributed by atoms with van der Waals surface area (Å²) in [5, 5.41) is 13.2. The molecule has 0 aliphatic rings. The molecule has 0 spiro atoms. The Labute approximate surface area is 260 Å². The summed E-state index contributed by atoms with van der Waals surface area (Å²) in [6.45, 7) is 16.4. The van der Waals surface area contributed by atoms with E-state index in [1.54, 1.807) is 30.3 Å². The first-order valence-electron chi connectivity index (χ1n) is 13.8. The maximum absolute atomic E-state index is 14.3. The highest BCUT2D eigenvalue weighted by Gasteiger charge is 2.36. The van der Waals surface area contributed by atoms with Gasteiger partial charge in [-0.25, -0.2) is 17.6 Å². The fourth-order valence-electron chi connectivity index (χ4n) is 6.21. The number of alkyl halides is 3. The molecular formula is C36H15F7N4. The Hall–Kier alpha value is -6.07. The number of rotatable bonds is 2. The SMILES string of the molecule is [C-]#[N+]/N=c1/c2cc(-c3cc(F)c(F)c(C(F)(F)F)c3)ccc2c2cc3c(cc12)/c(=N/[N+]#[C-])c1cc(-c2cc(C)c(F)c(F)c2)ccc13. The molecule has 0 amide bonds. The maximum Gasteiger partial charge on any atom is 0.419 e. The molecule has 47 heavy (non-hydrogen) atoms. The molecule has 228 valence electrons. The van der Waals surface area contributed by atoms with E-state index in [1.807, 2.05) is 6.07 Å². The van der Waals surface area contributed by atoms with E-state index < -0.39 is 35.0 Å². The standard InChI is InChI=1S/C36H15F7N4/c1-16-8-19(12-30(37)32(16)39)17-4-6-21-23-14-24-22-7-5-18(20-11-29(36(41,42)43)33(40)31(38)13-20)10-26(22)35(47-45-3)28(24)15-27(23)34(46-44-2)25(21)9-17/h4-15H,1H3/b46-34+,47-35-. The summed E-state index contributed by atoms with van der Waals surface area (Å²) < 4.78 is 96.8. The number of hydrogen-bond acceptors (Lipinski definition) is 2. The molecule has 0 unspecified atom stereocenters. The van der Waals surface area contributed by atoms with E-state index in [9.17, 15) is 30.7 Å². The number of benzene rings is 5. The lowest BCUT2D eigenvalue weighted by molar-refractivity contribution is -0.140. The number of fused-ring (bicyclic) bond motifs is 6. The second kappa shape index (κ2) is 10.5. The van der Waals surface area contributed by atoms with Gasteiger partial charge in [0.05, 0.1) is 15.8 Å². The predicted molar refractivity (Wildman–Crippen MR) is 164 cm³/mol. The van der Waals surface area contributed by atoms with Crippen LogP contribution in [0.1, 0.15) is 11.1 Å². The Morgan fingerprint density at radius 1 is 0.511 bits per heavy atom. The van der Waals surface area contributed by atoms with Gasteiger partial charge in [0.25, 0.3) is 0 Å². The van der Waals surface area contributed by atoms with Crippen LogP contribution in [0.15, 0.2) is 83.0 Å². The van der Waals surface area contributed by atoms with Gasteiger partial charge >= 0.3 is 6.18 Å². The highest BCUT2D eigenvalue weighted by Crippen LogP contribution is 2.38. The van der Waals surface area contributed by atoms with Crippen molar-refractivity contribution in [2.75, 3.05) is 0 Å². The first-order valence-corrected chi connectivity index (χ1v) is 13.8. The van der Waals surface area contributed by atoms with Crippen molar-refractivity contribution in [2.24, 2.45) is 10.2 Å². The van der Waals surface area contributed by atoms with Gasteiger partial charge in [-0.3, -0.25) is 0 Å². The van der Waals surface area contributed by atoms with Crippen molar-refractivity contribution >= 4 is 43.1 Å². The van der Waals surface area contributed by atoms with Crippen LogP contribution in [0, 0.1) is 43.3 Å². The number of hydrogen-bond donors (Lipinski definition) is 0. The van der Waals surface area contributed by atoms with Crippen molar-refractivity contribution in [3.05, 3.63) is 141 Å². The number of nitrogens with zero attached hydrogens (tertiary/aromatic N) is 4. The minimum Gasteiger partial charge on any atom is -0.204 e. The molecule has 0 aliphatic heterocycles. The lowest BCUT2D eigenvalue weighted by Gasteiger charge is -2.11. The van der Waals surface area contributed by atoms with Gasteiger partial charge in [0.2, 0.25) is 0 Å². The molecule has 7 aromatic carbocycles. The van der Waals surface area contributed by atoms with E-state index in [2.05, 4.69) is 20.1 Å². The maximum atomic E-state index is 14.3. The first-order chi connectivity index (χ1) is 22.4. The van der Waals surface area contributed by atoms with Crippen molar-refractivity contribution in [1.29, 1.82) is 0 Å². The number of halogens is 7. The van der Waals surface area contributed by atoms with E-state index in [0.717, 1.165) is 6.07 Å². The zero-order valence-corrected chi connectivity index (χ0v) is 23.9. The summed E-state index contributed by atoms with van der Waals surface area (Å²) in [4.78, 5) is 6.43. The van der Waals surface area contributed by atoms with Gasteiger partial charge in [0.1, 0.15) is 0 Å². The monoisotopic (exact) mass is 636 g/mol. The highest BCUT2D eigenvalue weighted by atomic mass is 19.4. The molecule has 0 heterocycles. The summed E-state index contributed by atoms with van der Waals surface area (Å²) in [6.07, 6.45) is -5.12. The zero-order valence-electron chi connectivity index (χ0n) is 23.9. The van der Waals surface area contributed by atoms with Gasteiger partial charge in [0, 0.05) is 21.5 Å². The van der Waals surface area contributed by atoms with Crippen molar-refractivity contribution in [3.8, 4) is 22.3 Å². The average molecular weight is 637 g/mol. The molecule has 0 aromatic heterocycles.